The van der Waals surface area contributed by atoms with Crippen molar-refractivity contribution in [3.05, 3.63) is 119 Å². The van der Waals surface area contributed by atoms with Crippen LogP contribution in [-0.2, 0) is 33.9 Å². The Balaban J connectivity index is 1.54. The van der Waals surface area contributed by atoms with Gasteiger partial charge < -0.3 is 24.7 Å². The van der Waals surface area contributed by atoms with E-state index in [1.165, 1.54) is 6.07 Å². The van der Waals surface area contributed by atoms with E-state index < -0.39 is 5.97 Å². The van der Waals surface area contributed by atoms with E-state index in [2.05, 4.69) is 5.16 Å². The Labute approximate surface area is 239 Å². The van der Waals surface area contributed by atoms with Crippen LogP contribution in [0, 0.1) is 0 Å². The third-order valence-electron chi connectivity index (χ3n) is 6.41. The number of esters is 1. The van der Waals surface area contributed by atoms with Crippen molar-refractivity contribution in [2.45, 2.75) is 38.8 Å². The normalized spacial score (nSPS) is 16.6. The standard InChI is InChI=1S/C33H34N2O6/c36-29-20-27-19-28(17-11-3-1-2-4-12-18-40-33(39)32(27)30(37)21-29)34-41-24-31(38)35(22-25-13-7-5-8-14-25)23-26-15-9-6-10-16-26/h2,4-11,13-17,20-21,36-37H,1,3,12,18-19,22-24H2/b4-2+,17-11+,34-28+. The number of phenols is 2. The number of hydrogen-bond donors (Lipinski definition) is 2. The lowest BCUT2D eigenvalue weighted by molar-refractivity contribution is -0.137. The van der Waals surface area contributed by atoms with Crippen molar-refractivity contribution in [2.24, 2.45) is 5.16 Å². The molecule has 0 spiro atoms. The molecule has 3 aromatic carbocycles. The minimum atomic E-state index is -0.695. The lowest BCUT2D eigenvalue weighted by Gasteiger charge is -2.22. The van der Waals surface area contributed by atoms with E-state index in [9.17, 15) is 19.8 Å². The zero-order valence-electron chi connectivity index (χ0n) is 22.8. The third-order valence-corrected chi connectivity index (χ3v) is 6.41. The maximum Gasteiger partial charge on any atom is 0.342 e. The highest BCUT2D eigenvalue weighted by Crippen LogP contribution is 2.29. The second-order valence-electron chi connectivity index (χ2n) is 9.63. The monoisotopic (exact) mass is 554 g/mol. The van der Waals surface area contributed by atoms with Crippen LogP contribution in [-0.4, -0.2) is 45.9 Å². The van der Waals surface area contributed by atoms with Crippen LogP contribution in [0.4, 0.5) is 0 Å². The number of hydrogen-bond acceptors (Lipinski definition) is 7. The summed E-state index contributed by atoms with van der Waals surface area (Å²) in [5, 5.41) is 24.8. The molecule has 2 N–H and O–H groups in total. The third kappa shape index (κ3) is 9.10. The number of amides is 1. The number of nitrogens with zero attached hydrogens (tertiary/aromatic N) is 2. The van der Waals surface area contributed by atoms with Gasteiger partial charge in [-0.15, -0.1) is 0 Å². The van der Waals surface area contributed by atoms with E-state index in [1.54, 1.807) is 11.0 Å². The summed E-state index contributed by atoms with van der Waals surface area (Å²) >= 11 is 0. The number of aromatic hydroxyl groups is 2. The molecule has 0 saturated heterocycles. The van der Waals surface area contributed by atoms with Gasteiger partial charge in [0.1, 0.15) is 17.1 Å². The van der Waals surface area contributed by atoms with Gasteiger partial charge in [0.15, 0.2) is 6.61 Å². The van der Waals surface area contributed by atoms with Crippen LogP contribution < -0.4 is 0 Å². The molecule has 0 aromatic heterocycles. The zero-order chi connectivity index (χ0) is 28.9. The van der Waals surface area contributed by atoms with Gasteiger partial charge in [0.05, 0.1) is 12.3 Å². The maximum absolute atomic E-state index is 13.3. The average Bonchev–Trinajstić information content (AvgIpc) is 2.96. The van der Waals surface area contributed by atoms with Crippen molar-refractivity contribution in [3.8, 4) is 11.5 Å². The van der Waals surface area contributed by atoms with Crippen LogP contribution in [0.3, 0.4) is 0 Å². The number of cyclic esters (lactones) is 1. The predicted molar refractivity (Wildman–Crippen MR) is 156 cm³/mol. The molecule has 0 radical (unpaired) electrons. The van der Waals surface area contributed by atoms with E-state index in [0.717, 1.165) is 30.0 Å². The van der Waals surface area contributed by atoms with Crippen molar-refractivity contribution >= 4 is 17.6 Å². The Morgan fingerprint density at radius 2 is 1.51 bits per heavy atom. The minimum Gasteiger partial charge on any atom is -0.508 e. The molecule has 0 fully saturated rings. The second-order valence-corrected chi connectivity index (χ2v) is 9.63. The van der Waals surface area contributed by atoms with Gasteiger partial charge in [0.2, 0.25) is 0 Å². The second kappa shape index (κ2) is 15.1. The zero-order valence-corrected chi connectivity index (χ0v) is 22.8. The molecule has 0 bridgehead atoms. The molecule has 0 atom stereocenters. The number of carbonyl (C=O) groups excluding carboxylic acids is 2. The lowest BCUT2D eigenvalue weighted by atomic mass is 10.00. The molecule has 1 aliphatic rings. The average molecular weight is 555 g/mol. The topological polar surface area (TPSA) is 109 Å². The van der Waals surface area contributed by atoms with Crippen molar-refractivity contribution in [2.75, 3.05) is 13.2 Å². The first-order chi connectivity index (χ1) is 20.0. The molecule has 212 valence electrons. The number of rotatable bonds is 7. The lowest BCUT2D eigenvalue weighted by Crippen LogP contribution is -2.32. The molecule has 41 heavy (non-hydrogen) atoms. The summed E-state index contributed by atoms with van der Waals surface area (Å²) in [4.78, 5) is 33.3. The number of ether oxygens (including phenoxy) is 1. The quantitative estimate of drug-likeness (QED) is 0.221. The van der Waals surface area contributed by atoms with E-state index in [0.29, 0.717) is 30.8 Å². The number of fused-ring (bicyclic) bond motifs is 1. The Morgan fingerprint density at radius 1 is 0.878 bits per heavy atom. The van der Waals surface area contributed by atoms with Gasteiger partial charge >= 0.3 is 5.97 Å². The van der Waals surface area contributed by atoms with E-state index in [4.69, 9.17) is 9.57 Å². The molecule has 1 heterocycles. The van der Waals surface area contributed by atoms with Gasteiger partial charge in [-0.3, -0.25) is 4.79 Å². The first-order valence-corrected chi connectivity index (χ1v) is 13.6. The highest BCUT2D eigenvalue weighted by molar-refractivity contribution is 6.00. The highest BCUT2D eigenvalue weighted by atomic mass is 16.6. The molecule has 3 aromatic rings. The number of allylic oxidation sites excluding steroid dienone is 3. The molecule has 8 heteroatoms. The highest BCUT2D eigenvalue weighted by Gasteiger charge is 2.21. The summed E-state index contributed by atoms with van der Waals surface area (Å²) in [5.41, 5.74) is 2.69. The largest absolute Gasteiger partial charge is 0.508 e. The number of oxime groups is 1. The van der Waals surface area contributed by atoms with Gasteiger partial charge in [-0.2, -0.15) is 0 Å². The van der Waals surface area contributed by atoms with Gasteiger partial charge in [0, 0.05) is 25.6 Å². The van der Waals surface area contributed by atoms with Crippen LogP contribution >= 0.6 is 0 Å². The number of phenolic OH excluding ortho intramolecular Hbond substituents is 2. The molecule has 4 rings (SSSR count). The summed E-state index contributed by atoms with van der Waals surface area (Å²) < 4.78 is 5.33. The van der Waals surface area contributed by atoms with Gasteiger partial charge in [-0.25, -0.2) is 4.79 Å². The van der Waals surface area contributed by atoms with Crippen molar-refractivity contribution < 1.29 is 29.4 Å². The predicted octanol–water partition coefficient (Wildman–Crippen LogP) is 5.70. The van der Waals surface area contributed by atoms with Crippen molar-refractivity contribution in [1.29, 1.82) is 0 Å². The Hall–Kier alpha value is -4.85. The molecule has 1 amide bonds. The molecule has 0 unspecified atom stereocenters. The smallest absolute Gasteiger partial charge is 0.342 e. The number of carbonyl (C=O) groups is 2. The van der Waals surface area contributed by atoms with Crippen LogP contribution in [0.15, 0.2) is 102 Å². The molecular weight excluding hydrogens is 520 g/mol. The summed E-state index contributed by atoms with van der Waals surface area (Å²) in [5.74, 6) is -1.52. The summed E-state index contributed by atoms with van der Waals surface area (Å²) in [7, 11) is 0. The van der Waals surface area contributed by atoms with Crippen molar-refractivity contribution in [3.63, 3.8) is 0 Å². The first-order valence-electron chi connectivity index (χ1n) is 13.6. The summed E-state index contributed by atoms with van der Waals surface area (Å²) in [6.07, 6.45) is 9.79. The molecular formula is C33H34N2O6. The maximum atomic E-state index is 13.3. The summed E-state index contributed by atoms with van der Waals surface area (Å²) in [6.45, 7) is 0.700. The fourth-order valence-corrected chi connectivity index (χ4v) is 4.40. The van der Waals surface area contributed by atoms with Crippen LogP contribution in [0.5, 0.6) is 11.5 Å². The molecule has 0 saturated carbocycles. The number of benzene rings is 3. The van der Waals surface area contributed by atoms with E-state index in [1.807, 2.05) is 78.9 Å². The minimum absolute atomic E-state index is 0.0436. The van der Waals surface area contributed by atoms with Crippen LogP contribution in [0.25, 0.3) is 0 Å². The SMILES string of the molecule is O=C1OCC/C=C/CC/C=C/C(=N\OCC(=O)N(Cc2ccccc2)Cc2ccccc2)Cc2cc(O)cc(O)c21. The Morgan fingerprint density at radius 3 is 2.20 bits per heavy atom. The van der Waals surface area contributed by atoms with E-state index >= 15 is 0 Å². The summed E-state index contributed by atoms with van der Waals surface area (Å²) in [6, 6.07) is 21.9. The fraction of sp³-hybridized carbons (Fsp3) is 0.242. The van der Waals surface area contributed by atoms with E-state index in [-0.39, 0.29) is 42.6 Å². The van der Waals surface area contributed by atoms with Crippen LogP contribution in [0.2, 0.25) is 0 Å². The molecule has 1 aliphatic heterocycles. The van der Waals surface area contributed by atoms with Crippen LogP contribution in [0.1, 0.15) is 46.3 Å². The first kappa shape index (κ1) is 29.1. The molecule has 8 nitrogen and oxygen atoms in total. The van der Waals surface area contributed by atoms with Crippen molar-refractivity contribution in [1.82, 2.24) is 4.90 Å². The molecule has 0 aliphatic carbocycles. The Kier molecular flexibility index (Phi) is 10.7. The fourth-order valence-electron chi connectivity index (χ4n) is 4.40. The van der Waals surface area contributed by atoms with Gasteiger partial charge in [-0.1, -0.05) is 84.0 Å². The van der Waals surface area contributed by atoms with Gasteiger partial charge in [0.25, 0.3) is 5.91 Å². The van der Waals surface area contributed by atoms with Gasteiger partial charge in [-0.05, 0) is 48.1 Å². The Bertz CT molecular complexity index is 1360.